The van der Waals surface area contributed by atoms with Crippen molar-refractivity contribution in [1.29, 1.82) is 0 Å². The molecular formula is C13H15NO5. The van der Waals surface area contributed by atoms with Crippen molar-refractivity contribution in [3.05, 3.63) is 23.8 Å². The van der Waals surface area contributed by atoms with Gasteiger partial charge in [0.1, 0.15) is 11.5 Å². The van der Waals surface area contributed by atoms with Gasteiger partial charge in [0.2, 0.25) is 0 Å². The molecule has 0 aromatic heterocycles. The van der Waals surface area contributed by atoms with E-state index < -0.39 is 17.8 Å². The fourth-order valence-corrected chi connectivity index (χ4v) is 2.31. The van der Waals surface area contributed by atoms with Gasteiger partial charge < -0.3 is 20.6 Å². The number of benzene rings is 1. The van der Waals surface area contributed by atoms with Crippen LogP contribution < -0.4 is 5.32 Å². The third-order valence-corrected chi connectivity index (χ3v) is 3.34. The van der Waals surface area contributed by atoms with Gasteiger partial charge >= 0.3 is 5.97 Å². The van der Waals surface area contributed by atoms with Crippen molar-refractivity contribution in [3.63, 3.8) is 0 Å². The highest BCUT2D eigenvalue weighted by Crippen LogP contribution is 2.27. The molecule has 19 heavy (non-hydrogen) atoms. The van der Waals surface area contributed by atoms with E-state index in [2.05, 4.69) is 5.32 Å². The summed E-state index contributed by atoms with van der Waals surface area (Å²) in [7, 11) is 0. The number of amides is 1. The van der Waals surface area contributed by atoms with E-state index in [9.17, 15) is 19.8 Å². The van der Waals surface area contributed by atoms with Crippen LogP contribution in [0, 0.1) is 5.92 Å². The van der Waals surface area contributed by atoms with Gasteiger partial charge in [0, 0.05) is 6.04 Å². The maximum absolute atomic E-state index is 11.9. The van der Waals surface area contributed by atoms with E-state index in [-0.39, 0.29) is 23.1 Å². The number of hydrogen-bond acceptors (Lipinski definition) is 4. The Bertz CT molecular complexity index is 514. The molecule has 0 saturated heterocycles. The van der Waals surface area contributed by atoms with Gasteiger partial charge in [-0.3, -0.25) is 9.59 Å². The molecule has 102 valence electrons. The van der Waals surface area contributed by atoms with Gasteiger partial charge in [0.05, 0.1) is 11.5 Å². The van der Waals surface area contributed by atoms with Gasteiger partial charge in [-0.05, 0) is 37.5 Å². The number of hydrogen-bond donors (Lipinski definition) is 4. The highest BCUT2D eigenvalue weighted by molar-refractivity contribution is 5.97. The second kappa shape index (κ2) is 5.17. The Morgan fingerprint density at radius 2 is 1.95 bits per heavy atom. The first-order valence-corrected chi connectivity index (χ1v) is 6.03. The highest BCUT2D eigenvalue weighted by atomic mass is 16.4. The number of phenolic OH excluding ortho intramolecular Hbond substituents is 2. The van der Waals surface area contributed by atoms with Crippen LogP contribution in [0.4, 0.5) is 0 Å². The molecule has 1 saturated carbocycles. The molecule has 1 aliphatic rings. The zero-order chi connectivity index (χ0) is 14.0. The average Bonchev–Trinajstić information content (AvgIpc) is 2.80. The Morgan fingerprint density at radius 1 is 1.21 bits per heavy atom. The third kappa shape index (κ3) is 2.96. The maximum atomic E-state index is 11.9. The number of carbonyl (C=O) groups is 2. The number of rotatable bonds is 3. The summed E-state index contributed by atoms with van der Waals surface area (Å²) in [6.07, 6.45) is 1.52. The topological polar surface area (TPSA) is 107 Å². The van der Waals surface area contributed by atoms with Crippen LogP contribution in [0.5, 0.6) is 11.5 Å². The molecule has 0 aliphatic heterocycles. The monoisotopic (exact) mass is 265 g/mol. The van der Waals surface area contributed by atoms with Crippen molar-refractivity contribution in [3.8, 4) is 11.5 Å². The Labute approximate surface area is 109 Å². The molecule has 1 aromatic rings. The van der Waals surface area contributed by atoms with Gasteiger partial charge in [-0.15, -0.1) is 0 Å². The Kier molecular flexibility index (Phi) is 3.59. The van der Waals surface area contributed by atoms with Gasteiger partial charge in [-0.25, -0.2) is 0 Å². The standard InChI is InChI=1S/C13H15NO5/c15-9-3-4-11(16)10(6-9)12(17)14-8-2-1-7(5-8)13(18)19/h3-4,6-8,15-16H,1-2,5H2,(H,14,17)(H,18,19). The molecule has 6 nitrogen and oxygen atoms in total. The summed E-state index contributed by atoms with van der Waals surface area (Å²) in [5.41, 5.74) is -0.0150. The van der Waals surface area contributed by atoms with Crippen LogP contribution in [0.15, 0.2) is 18.2 Å². The summed E-state index contributed by atoms with van der Waals surface area (Å²) in [4.78, 5) is 22.7. The zero-order valence-electron chi connectivity index (χ0n) is 10.2. The van der Waals surface area contributed by atoms with E-state index in [0.717, 1.165) is 0 Å². The van der Waals surface area contributed by atoms with Crippen molar-refractivity contribution in [2.24, 2.45) is 5.92 Å². The molecule has 1 aromatic carbocycles. The first-order chi connectivity index (χ1) is 8.97. The van der Waals surface area contributed by atoms with Crippen molar-refractivity contribution in [2.45, 2.75) is 25.3 Å². The molecule has 1 aliphatic carbocycles. The molecule has 1 fully saturated rings. The summed E-state index contributed by atoms with van der Waals surface area (Å²) in [5.74, 6) is -2.12. The van der Waals surface area contributed by atoms with E-state index in [4.69, 9.17) is 5.11 Å². The van der Waals surface area contributed by atoms with Crippen molar-refractivity contribution >= 4 is 11.9 Å². The van der Waals surface area contributed by atoms with Gasteiger partial charge in [0.25, 0.3) is 5.91 Å². The molecular weight excluding hydrogens is 250 g/mol. The average molecular weight is 265 g/mol. The molecule has 4 N–H and O–H groups in total. The summed E-state index contributed by atoms with van der Waals surface area (Å²) < 4.78 is 0. The minimum absolute atomic E-state index is 0.0150. The van der Waals surface area contributed by atoms with Crippen molar-refractivity contribution in [2.75, 3.05) is 0 Å². The number of aliphatic carboxylic acids is 1. The van der Waals surface area contributed by atoms with Crippen molar-refractivity contribution < 1.29 is 24.9 Å². The van der Waals surface area contributed by atoms with Crippen LogP contribution in [-0.4, -0.2) is 33.2 Å². The van der Waals surface area contributed by atoms with E-state index in [1.807, 2.05) is 0 Å². The van der Waals surface area contributed by atoms with E-state index in [1.165, 1.54) is 18.2 Å². The lowest BCUT2D eigenvalue weighted by atomic mass is 10.1. The first-order valence-electron chi connectivity index (χ1n) is 6.03. The predicted molar refractivity (Wildman–Crippen MR) is 66.0 cm³/mol. The Morgan fingerprint density at radius 3 is 2.58 bits per heavy atom. The second-order valence-electron chi connectivity index (χ2n) is 4.72. The molecule has 2 rings (SSSR count). The predicted octanol–water partition coefficient (Wildman–Crippen LogP) is 1.08. The van der Waals surface area contributed by atoms with Crippen LogP contribution >= 0.6 is 0 Å². The molecule has 0 spiro atoms. The van der Waals surface area contributed by atoms with Crippen LogP contribution in [0.3, 0.4) is 0 Å². The number of carbonyl (C=O) groups excluding carboxylic acids is 1. The fraction of sp³-hybridized carbons (Fsp3) is 0.385. The summed E-state index contributed by atoms with van der Waals surface area (Å²) in [6.45, 7) is 0. The van der Waals surface area contributed by atoms with E-state index in [1.54, 1.807) is 0 Å². The number of aromatic hydroxyl groups is 2. The van der Waals surface area contributed by atoms with Gasteiger partial charge in [-0.1, -0.05) is 0 Å². The zero-order valence-corrected chi connectivity index (χ0v) is 10.2. The number of phenols is 2. The Balaban J connectivity index is 2.02. The normalized spacial score (nSPS) is 22.1. The molecule has 1 amide bonds. The van der Waals surface area contributed by atoms with Crippen LogP contribution in [0.1, 0.15) is 29.6 Å². The second-order valence-corrected chi connectivity index (χ2v) is 4.72. The first kappa shape index (κ1) is 13.2. The summed E-state index contributed by atoms with van der Waals surface area (Å²) in [5, 5.41) is 30.4. The third-order valence-electron chi connectivity index (χ3n) is 3.34. The smallest absolute Gasteiger partial charge is 0.306 e. The lowest BCUT2D eigenvalue weighted by Crippen LogP contribution is -2.33. The lowest BCUT2D eigenvalue weighted by Gasteiger charge is -2.13. The van der Waals surface area contributed by atoms with Crippen LogP contribution in [-0.2, 0) is 4.79 Å². The molecule has 0 bridgehead atoms. The quantitative estimate of drug-likeness (QED) is 0.612. The SMILES string of the molecule is O=C(NC1CCC(C(=O)O)C1)c1cc(O)ccc1O. The molecule has 6 heteroatoms. The van der Waals surface area contributed by atoms with Crippen LogP contribution in [0.25, 0.3) is 0 Å². The minimum atomic E-state index is -0.850. The lowest BCUT2D eigenvalue weighted by molar-refractivity contribution is -0.141. The molecule has 2 atom stereocenters. The maximum Gasteiger partial charge on any atom is 0.306 e. The van der Waals surface area contributed by atoms with Crippen LogP contribution in [0.2, 0.25) is 0 Å². The van der Waals surface area contributed by atoms with E-state index >= 15 is 0 Å². The Hall–Kier alpha value is -2.24. The number of carboxylic acids is 1. The molecule has 2 unspecified atom stereocenters. The molecule has 0 radical (unpaired) electrons. The largest absolute Gasteiger partial charge is 0.508 e. The minimum Gasteiger partial charge on any atom is -0.508 e. The number of nitrogens with one attached hydrogen (secondary N) is 1. The van der Waals surface area contributed by atoms with E-state index in [0.29, 0.717) is 19.3 Å². The number of carboxylic acid groups (broad SMARTS) is 1. The highest BCUT2D eigenvalue weighted by Gasteiger charge is 2.31. The van der Waals surface area contributed by atoms with Crippen molar-refractivity contribution in [1.82, 2.24) is 5.32 Å². The van der Waals surface area contributed by atoms with Gasteiger partial charge in [0.15, 0.2) is 0 Å². The van der Waals surface area contributed by atoms with Gasteiger partial charge in [-0.2, -0.15) is 0 Å². The fourth-order valence-electron chi connectivity index (χ4n) is 2.31. The summed E-state index contributed by atoms with van der Waals surface area (Å²) >= 11 is 0. The summed E-state index contributed by atoms with van der Waals surface area (Å²) in [6, 6.07) is 3.48. The molecule has 0 heterocycles.